The molecular weight excluding hydrogens is 274 g/mol. The SMILES string of the molecule is O=C(CCl)N1CCN(Cc2ccc(F)cc2F)CC1. The normalized spacial score (nSPS) is 16.7. The summed E-state index contributed by atoms with van der Waals surface area (Å²) in [5, 5.41) is 0. The van der Waals surface area contributed by atoms with Crippen LogP contribution in [0, 0.1) is 11.6 Å². The Labute approximate surface area is 115 Å². The van der Waals surface area contributed by atoms with Gasteiger partial charge >= 0.3 is 0 Å². The Hall–Kier alpha value is -1.20. The van der Waals surface area contributed by atoms with Crippen LogP contribution in [-0.2, 0) is 11.3 Å². The van der Waals surface area contributed by atoms with Gasteiger partial charge in [-0.25, -0.2) is 8.78 Å². The maximum Gasteiger partial charge on any atom is 0.237 e. The summed E-state index contributed by atoms with van der Waals surface area (Å²) in [5.41, 5.74) is 0.471. The first-order valence-corrected chi connectivity index (χ1v) is 6.63. The first-order chi connectivity index (χ1) is 9.10. The number of rotatable bonds is 3. The molecule has 0 atom stereocenters. The molecule has 1 amide bonds. The molecule has 0 aromatic heterocycles. The third-order valence-corrected chi connectivity index (χ3v) is 3.48. The molecule has 1 aromatic rings. The van der Waals surface area contributed by atoms with Crippen LogP contribution in [0.15, 0.2) is 18.2 Å². The summed E-state index contributed by atoms with van der Waals surface area (Å²) in [6.45, 7) is 2.94. The molecule has 0 unspecified atom stereocenters. The molecule has 0 saturated carbocycles. The highest BCUT2D eigenvalue weighted by Crippen LogP contribution is 2.13. The summed E-state index contributed by atoms with van der Waals surface area (Å²) in [6, 6.07) is 3.61. The number of nitrogens with zero attached hydrogens (tertiary/aromatic N) is 2. The molecule has 19 heavy (non-hydrogen) atoms. The van der Waals surface area contributed by atoms with Gasteiger partial charge in [0, 0.05) is 44.4 Å². The van der Waals surface area contributed by atoms with Gasteiger partial charge in [-0.2, -0.15) is 0 Å². The number of amides is 1. The van der Waals surface area contributed by atoms with Crippen molar-refractivity contribution in [3.05, 3.63) is 35.4 Å². The van der Waals surface area contributed by atoms with Gasteiger partial charge in [0.05, 0.1) is 0 Å². The smallest absolute Gasteiger partial charge is 0.237 e. The van der Waals surface area contributed by atoms with E-state index in [0.29, 0.717) is 38.3 Å². The van der Waals surface area contributed by atoms with Crippen LogP contribution in [-0.4, -0.2) is 47.8 Å². The molecule has 1 aliphatic heterocycles. The molecule has 1 saturated heterocycles. The van der Waals surface area contributed by atoms with Gasteiger partial charge in [0.15, 0.2) is 0 Å². The number of carbonyl (C=O) groups is 1. The van der Waals surface area contributed by atoms with Gasteiger partial charge in [0.1, 0.15) is 17.5 Å². The van der Waals surface area contributed by atoms with Gasteiger partial charge < -0.3 is 4.90 Å². The van der Waals surface area contributed by atoms with Gasteiger partial charge in [0.25, 0.3) is 0 Å². The Morgan fingerprint density at radius 2 is 1.89 bits per heavy atom. The second kappa shape index (κ2) is 6.30. The van der Waals surface area contributed by atoms with Crippen molar-refractivity contribution in [3.63, 3.8) is 0 Å². The van der Waals surface area contributed by atoms with Gasteiger partial charge in [-0.05, 0) is 6.07 Å². The van der Waals surface area contributed by atoms with E-state index in [1.807, 2.05) is 4.90 Å². The van der Waals surface area contributed by atoms with Crippen LogP contribution >= 0.6 is 11.6 Å². The fourth-order valence-corrected chi connectivity index (χ4v) is 2.30. The van der Waals surface area contributed by atoms with Gasteiger partial charge in [-0.1, -0.05) is 6.07 Å². The molecule has 1 aromatic carbocycles. The van der Waals surface area contributed by atoms with Crippen molar-refractivity contribution in [2.75, 3.05) is 32.1 Å². The van der Waals surface area contributed by atoms with Crippen LogP contribution in [0.2, 0.25) is 0 Å². The predicted octanol–water partition coefficient (Wildman–Crippen LogP) is 1.85. The van der Waals surface area contributed by atoms with Crippen LogP contribution < -0.4 is 0 Å². The maximum absolute atomic E-state index is 13.5. The standard InChI is InChI=1S/C13H15ClF2N2O/c14-8-13(19)18-5-3-17(4-6-18)9-10-1-2-11(15)7-12(10)16/h1-2,7H,3-6,8-9H2. The number of alkyl halides is 1. The predicted molar refractivity (Wildman–Crippen MR) is 68.9 cm³/mol. The molecule has 1 aliphatic rings. The van der Waals surface area contributed by atoms with E-state index < -0.39 is 11.6 Å². The molecule has 6 heteroatoms. The van der Waals surface area contributed by atoms with Crippen molar-refractivity contribution in [2.45, 2.75) is 6.54 Å². The molecule has 2 rings (SSSR count). The van der Waals surface area contributed by atoms with Crippen molar-refractivity contribution in [1.82, 2.24) is 9.80 Å². The molecule has 0 N–H and O–H groups in total. The highest BCUT2D eigenvalue weighted by Gasteiger charge is 2.21. The molecule has 0 bridgehead atoms. The van der Waals surface area contributed by atoms with Crippen LogP contribution in [0.5, 0.6) is 0 Å². The first-order valence-electron chi connectivity index (χ1n) is 6.10. The lowest BCUT2D eigenvalue weighted by Gasteiger charge is -2.34. The molecule has 0 spiro atoms. The monoisotopic (exact) mass is 288 g/mol. The van der Waals surface area contributed by atoms with Crippen molar-refractivity contribution >= 4 is 17.5 Å². The van der Waals surface area contributed by atoms with Gasteiger partial charge in [-0.3, -0.25) is 9.69 Å². The molecule has 1 fully saturated rings. The van der Waals surface area contributed by atoms with E-state index >= 15 is 0 Å². The summed E-state index contributed by atoms with van der Waals surface area (Å²) >= 11 is 5.50. The topological polar surface area (TPSA) is 23.6 Å². The molecule has 0 aliphatic carbocycles. The van der Waals surface area contributed by atoms with Gasteiger partial charge in [-0.15, -0.1) is 11.6 Å². The summed E-state index contributed by atoms with van der Waals surface area (Å²) in [6.07, 6.45) is 0. The van der Waals surface area contributed by atoms with Crippen LogP contribution in [0.25, 0.3) is 0 Å². The van der Waals surface area contributed by atoms with E-state index in [9.17, 15) is 13.6 Å². The molecule has 104 valence electrons. The lowest BCUT2D eigenvalue weighted by atomic mass is 10.2. The lowest BCUT2D eigenvalue weighted by Crippen LogP contribution is -2.48. The zero-order chi connectivity index (χ0) is 13.8. The van der Waals surface area contributed by atoms with E-state index in [-0.39, 0.29) is 11.8 Å². The quantitative estimate of drug-likeness (QED) is 0.793. The second-order valence-electron chi connectivity index (χ2n) is 4.53. The Morgan fingerprint density at radius 1 is 1.21 bits per heavy atom. The number of benzene rings is 1. The van der Waals surface area contributed by atoms with Crippen LogP contribution in [0.1, 0.15) is 5.56 Å². The van der Waals surface area contributed by atoms with E-state index in [1.54, 1.807) is 4.90 Å². The minimum atomic E-state index is -0.571. The molecular formula is C13H15ClF2N2O. The van der Waals surface area contributed by atoms with E-state index in [0.717, 1.165) is 6.07 Å². The third-order valence-electron chi connectivity index (χ3n) is 3.25. The molecule has 1 heterocycles. The summed E-state index contributed by atoms with van der Waals surface area (Å²) in [4.78, 5) is 15.1. The number of hydrogen-bond donors (Lipinski definition) is 0. The Morgan fingerprint density at radius 3 is 2.47 bits per heavy atom. The highest BCUT2D eigenvalue weighted by atomic mass is 35.5. The Balaban J connectivity index is 1.90. The van der Waals surface area contributed by atoms with Crippen LogP contribution in [0.4, 0.5) is 8.78 Å². The van der Waals surface area contributed by atoms with Crippen molar-refractivity contribution in [2.24, 2.45) is 0 Å². The molecule has 3 nitrogen and oxygen atoms in total. The Kier molecular flexibility index (Phi) is 4.71. The van der Waals surface area contributed by atoms with Crippen molar-refractivity contribution in [3.8, 4) is 0 Å². The maximum atomic E-state index is 13.5. The fraction of sp³-hybridized carbons (Fsp3) is 0.462. The van der Waals surface area contributed by atoms with Crippen LogP contribution in [0.3, 0.4) is 0 Å². The first kappa shape index (κ1) is 14.2. The Bertz CT molecular complexity index is 462. The minimum absolute atomic E-state index is 0.00735. The number of piperazine rings is 1. The minimum Gasteiger partial charge on any atom is -0.339 e. The summed E-state index contributed by atoms with van der Waals surface area (Å²) in [7, 11) is 0. The van der Waals surface area contributed by atoms with E-state index in [2.05, 4.69) is 0 Å². The van der Waals surface area contributed by atoms with Crippen molar-refractivity contribution in [1.29, 1.82) is 0 Å². The molecule has 0 radical (unpaired) electrons. The average Bonchev–Trinajstić information content (AvgIpc) is 2.42. The lowest BCUT2D eigenvalue weighted by molar-refractivity contribution is -0.130. The summed E-state index contributed by atoms with van der Waals surface area (Å²) < 4.78 is 26.3. The number of halogens is 3. The zero-order valence-electron chi connectivity index (χ0n) is 10.4. The van der Waals surface area contributed by atoms with E-state index in [4.69, 9.17) is 11.6 Å². The summed E-state index contributed by atoms with van der Waals surface area (Å²) in [5.74, 6) is -1.18. The van der Waals surface area contributed by atoms with Gasteiger partial charge in [0.2, 0.25) is 5.91 Å². The highest BCUT2D eigenvalue weighted by molar-refractivity contribution is 6.27. The second-order valence-corrected chi connectivity index (χ2v) is 4.79. The average molecular weight is 289 g/mol. The zero-order valence-corrected chi connectivity index (χ0v) is 11.2. The number of carbonyl (C=O) groups excluding carboxylic acids is 1. The number of hydrogen-bond acceptors (Lipinski definition) is 2. The van der Waals surface area contributed by atoms with E-state index in [1.165, 1.54) is 12.1 Å². The fourth-order valence-electron chi connectivity index (χ4n) is 2.13. The largest absolute Gasteiger partial charge is 0.339 e. The van der Waals surface area contributed by atoms with Crippen molar-refractivity contribution < 1.29 is 13.6 Å². The third kappa shape index (κ3) is 3.64.